The largest absolute Gasteiger partial charge is 0.480 e. The third kappa shape index (κ3) is 10.2. The van der Waals surface area contributed by atoms with Crippen LogP contribution in [0, 0.1) is 5.92 Å². The molecule has 9 nitrogen and oxygen atoms in total. The molecule has 0 aromatic heterocycles. The number of hydrogen-bond donors (Lipinski definition) is 5. The number of rotatable bonds is 15. The number of carboxylic acids is 1. The van der Waals surface area contributed by atoms with Crippen molar-refractivity contribution in [1.29, 1.82) is 0 Å². The molecular formula is C28H38N4O5S. The molecule has 2 rings (SSSR count). The molecule has 0 aliphatic heterocycles. The Morgan fingerprint density at radius 3 is 1.82 bits per heavy atom. The summed E-state index contributed by atoms with van der Waals surface area (Å²) in [7, 11) is 0. The van der Waals surface area contributed by atoms with Crippen molar-refractivity contribution in [2.75, 3.05) is 12.0 Å². The van der Waals surface area contributed by atoms with Crippen molar-refractivity contribution in [3.8, 4) is 0 Å². The van der Waals surface area contributed by atoms with Gasteiger partial charge in [0.25, 0.3) is 0 Å². The van der Waals surface area contributed by atoms with E-state index in [0.29, 0.717) is 12.2 Å². The molecule has 0 bridgehead atoms. The Hall–Kier alpha value is -3.37. The molecule has 3 amide bonds. The molecule has 4 atom stereocenters. The highest BCUT2D eigenvalue weighted by Gasteiger charge is 2.32. The van der Waals surface area contributed by atoms with Crippen LogP contribution in [0.2, 0.25) is 0 Å². The molecule has 2 aromatic rings. The van der Waals surface area contributed by atoms with E-state index >= 15 is 0 Å². The minimum Gasteiger partial charge on any atom is -0.480 e. The van der Waals surface area contributed by atoms with E-state index in [9.17, 15) is 24.3 Å². The van der Waals surface area contributed by atoms with Crippen LogP contribution in [0.25, 0.3) is 0 Å². The van der Waals surface area contributed by atoms with Crippen molar-refractivity contribution in [1.82, 2.24) is 16.0 Å². The fraction of sp³-hybridized carbons (Fsp3) is 0.429. The zero-order valence-electron chi connectivity index (χ0n) is 22.1. The Morgan fingerprint density at radius 2 is 1.32 bits per heavy atom. The van der Waals surface area contributed by atoms with Gasteiger partial charge in [-0.1, -0.05) is 74.5 Å². The number of hydrogen-bond acceptors (Lipinski definition) is 6. The van der Waals surface area contributed by atoms with Gasteiger partial charge in [0, 0.05) is 6.42 Å². The third-order valence-electron chi connectivity index (χ3n) is 6.02. The minimum atomic E-state index is -1.14. The Bertz CT molecular complexity index is 1050. The molecular weight excluding hydrogens is 504 g/mol. The van der Waals surface area contributed by atoms with Gasteiger partial charge in [0.1, 0.15) is 18.1 Å². The van der Waals surface area contributed by atoms with Gasteiger partial charge in [-0.25, -0.2) is 4.79 Å². The number of aliphatic carboxylic acids is 1. The van der Waals surface area contributed by atoms with Crippen molar-refractivity contribution in [3.05, 3.63) is 71.8 Å². The predicted molar refractivity (Wildman–Crippen MR) is 150 cm³/mol. The first kappa shape index (κ1) is 30.9. The van der Waals surface area contributed by atoms with E-state index in [0.717, 1.165) is 11.1 Å². The highest BCUT2D eigenvalue weighted by atomic mass is 32.2. The van der Waals surface area contributed by atoms with Crippen LogP contribution in [0.15, 0.2) is 60.7 Å². The van der Waals surface area contributed by atoms with Crippen molar-refractivity contribution >= 4 is 35.5 Å². The molecule has 2 aromatic carbocycles. The SMILES string of the molecule is CSCCC(NC(=O)C(NC(=O)C(Cc1ccccc1)NC(=O)C(N)Cc1ccccc1)C(C)C)C(=O)O. The first-order valence-electron chi connectivity index (χ1n) is 12.6. The lowest BCUT2D eigenvalue weighted by atomic mass is 10.00. The van der Waals surface area contributed by atoms with Crippen LogP contribution in [0.3, 0.4) is 0 Å². The summed E-state index contributed by atoms with van der Waals surface area (Å²) in [5, 5.41) is 17.5. The standard InChI is InChI=1S/C28H38N4O5S/c1-18(2)24(27(35)30-22(28(36)37)14-15-38-3)32-26(34)23(17-20-12-8-5-9-13-20)31-25(33)21(29)16-19-10-6-4-7-11-19/h4-13,18,21-24H,14-17,29H2,1-3H3,(H,30,35)(H,31,33)(H,32,34)(H,36,37). The third-order valence-corrected chi connectivity index (χ3v) is 6.67. The number of nitrogens with one attached hydrogen (secondary N) is 3. The molecule has 10 heteroatoms. The molecule has 0 saturated carbocycles. The number of carbonyl (C=O) groups is 4. The molecule has 0 aliphatic rings. The average Bonchev–Trinajstić information content (AvgIpc) is 2.89. The Balaban J connectivity index is 2.17. The highest BCUT2D eigenvalue weighted by Crippen LogP contribution is 2.09. The lowest BCUT2D eigenvalue weighted by Gasteiger charge is -2.27. The Kier molecular flexibility index (Phi) is 12.8. The van der Waals surface area contributed by atoms with E-state index in [4.69, 9.17) is 5.73 Å². The zero-order chi connectivity index (χ0) is 28.1. The monoisotopic (exact) mass is 542 g/mol. The second-order valence-electron chi connectivity index (χ2n) is 9.46. The van der Waals surface area contributed by atoms with Crippen LogP contribution in [0.4, 0.5) is 0 Å². The van der Waals surface area contributed by atoms with Gasteiger partial charge < -0.3 is 26.8 Å². The van der Waals surface area contributed by atoms with E-state index in [1.165, 1.54) is 11.8 Å². The van der Waals surface area contributed by atoms with E-state index in [1.807, 2.05) is 66.9 Å². The quantitative estimate of drug-likeness (QED) is 0.230. The second kappa shape index (κ2) is 15.8. The summed E-state index contributed by atoms with van der Waals surface area (Å²) in [5.41, 5.74) is 7.86. The highest BCUT2D eigenvalue weighted by molar-refractivity contribution is 7.98. The first-order chi connectivity index (χ1) is 18.1. The molecule has 38 heavy (non-hydrogen) atoms. The summed E-state index contributed by atoms with van der Waals surface area (Å²) in [6, 6.07) is 14.6. The van der Waals surface area contributed by atoms with Crippen molar-refractivity contribution in [3.63, 3.8) is 0 Å². The van der Waals surface area contributed by atoms with Crippen LogP contribution >= 0.6 is 11.8 Å². The van der Waals surface area contributed by atoms with Crippen LogP contribution in [-0.4, -0.2) is 65.0 Å². The average molecular weight is 543 g/mol. The summed E-state index contributed by atoms with van der Waals surface area (Å²) in [6.45, 7) is 3.51. The van der Waals surface area contributed by atoms with Crippen LogP contribution in [0.1, 0.15) is 31.4 Å². The van der Waals surface area contributed by atoms with Gasteiger partial charge in [0.2, 0.25) is 17.7 Å². The Morgan fingerprint density at radius 1 is 0.789 bits per heavy atom. The molecule has 0 aliphatic carbocycles. The Labute approximate surface area is 228 Å². The first-order valence-corrected chi connectivity index (χ1v) is 14.0. The lowest BCUT2D eigenvalue weighted by molar-refractivity contribution is -0.142. The minimum absolute atomic E-state index is 0.189. The maximum Gasteiger partial charge on any atom is 0.326 e. The molecule has 0 fully saturated rings. The van der Waals surface area contributed by atoms with Gasteiger partial charge in [-0.2, -0.15) is 11.8 Å². The van der Waals surface area contributed by atoms with Crippen molar-refractivity contribution in [2.45, 2.75) is 57.3 Å². The van der Waals surface area contributed by atoms with Gasteiger partial charge >= 0.3 is 5.97 Å². The van der Waals surface area contributed by atoms with Crippen LogP contribution < -0.4 is 21.7 Å². The second-order valence-corrected chi connectivity index (χ2v) is 10.4. The normalized spacial score (nSPS) is 14.1. The van der Waals surface area contributed by atoms with Crippen molar-refractivity contribution < 1.29 is 24.3 Å². The predicted octanol–water partition coefficient (Wildman–Crippen LogP) is 1.75. The summed E-state index contributed by atoms with van der Waals surface area (Å²) < 4.78 is 0. The molecule has 0 heterocycles. The van der Waals surface area contributed by atoms with Gasteiger partial charge in [0.05, 0.1) is 6.04 Å². The number of benzene rings is 2. The number of nitrogens with two attached hydrogens (primary N) is 1. The lowest BCUT2D eigenvalue weighted by Crippen LogP contribution is -2.59. The zero-order valence-corrected chi connectivity index (χ0v) is 22.9. The van der Waals surface area contributed by atoms with Crippen LogP contribution in [-0.2, 0) is 32.0 Å². The van der Waals surface area contributed by atoms with Gasteiger partial charge in [-0.3, -0.25) is 14.4 Å². The smallest absolute Gasteiger partial charge is 0.326 e. The van der Waals surface area contributed by atoms with E-state index in [-0.39, 0.29) is 18.8 Å². The maximum atomic E-state index is 13.4. The summed E-state index contributed by atoms with van der Waals surface area (Å²) >= 11 is 1.48. The fourth-order valence-corrected chi connectivity index (χ4v) is 4.31. The number of amides is 3. The maximum absolute atomic E-state index is 13.4. The molecule has 0 spiro atoms. The van der Waals surface area contributed by atoms with Gasteiger partial charge in [-0.15, -0.1) is 0 Å². The van der Waals surface area contributed by atoms with Gasteiger partial charge in [0.15, 0.2) is 0 Å². The number of carboxylic acid groups (broad SMARTS) is 1. The summed E-state index contributed by atoms with van der Waals surface area (Å²) in [5.74, 6) is -2.54. The topological polar surface area (TPSA) is 151 Å². The van der Waals surface area contributed by atoms with E-state index < -0.39 is 47.9 Å². The summed E-state index contributed by atoms with van der Waals surface area (Å²) in [4.78, 5) is 51.0. The molecule has 4 unspecified atom stereocenters. The van der Waals surface area contributed by atoms with Crippen molar-refractivity contribution in [2.24, 2.45) is 11.7 Å². The molecule has 206 valence electrons. The molecule has 0 saturated heterocycles. The van der Waals surface area contributed by atoms with Gasteiger partial charge in [-0.05, 0) is 41.9 Å². The number of thioether (sulfide) groups is 1. The summed E-state index contributed by atoms with van der Waals surface area (Å²) in [6.07, 6.45) is 2.60. The molecule has 6 N–H and O–H groups in total. The van der Waals surface area contributed by atoms with Crippen LogP contribution in [0.5, 0.6) is 0 Å². The fourth-order valence-electron chi connectivity index (χ4n) is 3.84. The molecule has 0 radical (unpaired) electrons. The number of carbonyl (C=O) groups excluding carboxylic acids is 3. The van der Waals surface area contributed by atoms with E-state index in [2.05, 4.69) is 16.0 Å². The van der Waals surface area contributed by atoms with E-state index in [1.54, 1.807) is 13.8 Å².